The lowest BCUT2D eigenvalue weighted by Gasteiger charge is -2.28. The second-order valence-electron chi connectivity index (χ2n) is 8.05. The lowest BCUT2D eigenvalue weighted by Crippen LogP contribution is -2.37. The van der Waals surface area contributed by atoms with Gasteiger partial charge in [0.05, 0.1) is 6.10 Å². The fraction of sp³-hybridized carbons (Fsp3) is 0.417. The predicted octanol–water partition coefficient (Wildman–Crippen LogP) is 3.30. The zero-order chi connectivity index (χ0) is 23.1. The Morgan fingerprint density at radius 3 is 2.69 bits per heavy atom. The van der Waals surface area contributed by atoms with Gasteiger partial charge in [-0.15, -0.1) is 0 Å². The van der Waals surface area contributed by atoms with Gasteiger partial charge in [-0.2, -0.15) is 0 Å². The van der Waals surface area contributed by atoms with Gasteiger partial charge in [-0.05, 0) is 54.8 Å². The number of hydrogen-bond donors (Lipinski definition) is 1. The Bertz CT molecular complexity index is 945. The highest BCUT2D eigenvalue weighted by Crippen LogP contribution is 2.26. The Morgan fingerprint density at radius 1 is 1.22 bits per heavy atom. The summed E-state index contributed by atoms with van der Waals surface area (Å²) >= 11 is 0. The fourth-order valence-electron chi connectivity index (χ4n) is 3.82. The van der Waals surface area contributed by atoms with Gasteiger partial charge in [0.15, 0.2) is 0 Å². The summed E-state index contributed by atoms with van der Waals surface area (Å²) in [5.41, 5.74) is 2.67. The Hall–Kier alpha value is -2.97. The summed E-state index contributed by atoms with van der Waals surface area (Å²) in [6, 6.07) is 11.3. The van der Waals surface area contributed by atoms with Crippen molar-refractivity contribution in [3.8, 4) is 0 Å². The molecule has 8 heteroatoms. The largest absolute Gasteiger partial charge is 0.377 e. The minimum Gasteiger partial charge on any atom is -0.377 e. The number of anilines is 2. The molecule has 2 aromatic carbocycles. The molecule has 1 atom stereocenters. The van der Waals surface area contributed by atoms with E-state index in [9.17, 15) is 14.0 Å². The van der Waals surface area contributed by atoms with Gasteiger partial charge in [0.2, 0.25) is 5.91 Å². The summed E-state index contributed by atoms with van der Waals surface area (Å²) < 4.78 is 24.4. The van der Waals surface area contributed by atoms with Crippen LogP contribution in [0.15, 0.2) is 42.5 Å². The van der Waals surface area contributed by atoms with Crippen LogP contribution >= 0.6 is 0 Å². The van der Waals surface area contributed by atoms with Crippen molar-refractivity contribution < 1.29 is 23.5 Å². The number of halogens is 1. The Kier molecular flexibility index (Phi) is 8.19. The van der Waals surface area contributed by atoms with Crippen LogP contribution in [0.3, 0.4) is 0 Å². The Morgan fingerprint density at radius 2 is 2.03 bits per heavy atom. The first-order valence-electron chi connectivity index (χ1n) is 10.6. The average Bonchev–Trinajstić information content (AvgIpc) is 3.26. The zero-order valence-corrected chi connectivity index (χ0v) is 18.8. The maximum Gasteiger partial charge on any atom is 0.254 e. The van der Waals surface area contributed by atoms with Gasteiger partial charge in [0.25, 0.3) is 5.91 Å². The van der Waals surface area contributed by atoms with Crippen LogP contribution in [0.1, 0.15) is 28.8 Å². The smallest absolute Gasteiger partial charge is 0.254 e. The quantitative estimate of drug-likeness (QED) is 0.644. The SMILES string of the molecule is COCC(=O)Nc1ccc(N(C)C)c(CN(C[C@H]2CCCO2)C(=O)c2cccc(F)c2)c1. The summed E-state index contributed by atoms with van der Waals surface area (Å²) in [5, 5.41) is 2.80. The Labute approximate surface area is 188 Å². The molecule has 32 heavy (non-hydrogen) atoms. The molecule has 0 aliphatic carbocycles. The summed E-state index contributed by atoms with van der Waals surface area (Å²) in [5.74, 6) is -0.980. The lowest BCUT2D eigenvalue weighted by atomic mass is 10.1. The molecule has 172 valence electrons. The second kappa shape index (κ2) is 11.1. The van der Waals surface area contributed by atoms with Crippen molar-refractivity contribution in [1.29, 1.82) is 0 Å². The zero-order valence-electron chi connectivity index (χ0n) is 18.8. The number of nitrogens with one attached hydrogen (secondary N) is 1. The first kappa shape index (κ1) is 23.7. The van der Waals surface area contributed by atoms with Crippen molar-refractivity contribution in [2.24, 2.45) is 0 Å². The molecule has 0 bridgehead atoms. The number of benzene rings is 2. The number of amides is 2. The third-order valence-electron chi connectivity index (χ3n) is 5.29. The predicted molar refractivity (Wildman–Crippen MR) is 121 cm³/mol. The van der Waals surface area contributed by atoms with E-state index in [1.165, 1.54) is 25.3 Å². The van der Waals surface area contributed by atoms with Crippen LogP contribution in [0.4, 0.5) is 15.8 Å². The van der Waals surface area contributed by atoms with Gasteiger partial charge >= 0.3 is 0 Å². The van der Waals surface area contributed by atoms with Gasteiger partial charge in [-0.1, -0.05) is 6.07 Å². The molecule has 0 saturated carbocycles. The normalized spacial score (nSPS) is 15.4. The van der Waals surface area contributed by atoms with E-state index in [0.29, 0.717) is 24.4 Å². The van der Waals surface area contributed by atoms with Crippen LogP contribution in [0.25, 0.3) is 0 Å². The van der Waals surface area contributed by atoms with E-state index in [-0.39, 0.29) is 31.1 Å². The van der Waals surface area contributed by atoms with Gasteiger partial charge in [-0.25, -0.2) is 4.39 Å². The molecular weight excluding hydrogens is 413 g/mol. The van der Waals surface area contributed by atoms with E-state index in [0.717, 1.165) is 24.1 Å². The minimum atomic E-state index is -0.454. The summed E-state index contributed by atoms with van der Waals surface area (Å²) in [4.78, 5) is 28.9. The van der Waals surface area contributed by atoms with Crippen LogP contribution in [-0.2, 0) is 20.8 Å². The molecule has 7 nitrogen and oxygen atoms in total. The van der Waals surface area contributed by atoms with Crippen molar-refractivity contribution in [2.75, 3.05) is 51.2 Å². The van der Waals surface area contributed by atoms with E-state index in [2.05, 4.69) is 5.32 Å². The van der Waals surface area contributed by atoms with Crippen LogP contribution < -0.4 is 10.2 Å². The molecule has 2 aromatic rings. The third kappa shape index (κ3) is 6.27. The summed E-state index contributed by atoms with van der Waals surface area (Å²) in [7, 11) is 5.29. The number of rotatable bonds is 9. The number of methoxy groups -OCH3 is 1. The molecule has 1 aliphatic rings. The molecule has 0 radical (unpaired) electrons. The first-order valence-corrected chi connectivity index (χ1v) is 10.6. The van der Waals surface area contributed by atoms with E-state index in [4.69, 9.17) is 9.47 Å². The lowest BCUT2D eigenvalue weighted by molar-refractivity contribution is -0.119. The van der Waals surface area contributed by atoms with E-state index >= 15 is 0 Å². The standard InChI is InChI=1S/C24H30FN3O4/c1-27(2)22-10-9-20(26-23(29)16-31-3)13-18(22)14-28(15-21-8-5-11-32-21)24(30)17-6-4-7-19(25)12-17/h4,6-7,9-10,12-13,21H,5,8,11,14-16H2,1-3H3,(H,26,29)/t21-/m1/s1. The van der Waals surface area contributed by atoms with Gasteiger partial charge < -0.3 is 24.6 Å². The molecule has 1 N–H and O–H groups in total. The number of carbonyl (C=O) groups excluding carboxylic acids is 2. The maximum absolute atomic E-state index is 13.8. The van der Waals surface area contributed by atoms with Gasteiger partial charge in [0.1, 0.15) is 12.4 Å². The van der Waals surface area contributed by atoms with Gasteiger partial charge in [0, 0.05) is 57.8 Å². The highest BCUT2D eigenvalue weighted by molar-refractivity contribution is 5.94. The second-order valence-corrected chi connectivity index (χ2v) is 8.05. The number of nitrogens with zero attached hydrogens (tertiary/aromatic N) is 2. The van der Waals surface area contributed by atoms with Crippen LogP contribution in [0.5, 0.6) is 0 Å². The molecule has 1 fully saturated rings. The number of carbonyl (C=O) groups is 2. The van der Waals surface area contributed by atoms with Gasteiger partial charge in [-0.3, -0.25) is 9.59 Å². The number of ether oxygens (including phenoxy) is 2. The molecule has 3 rings (SSSR count). The molecule has 0 unspecified atom stereocenters. The van der Waals surface area contributed by atoms with Crippen molar-refractivity contribution in [3.05, 3.63) is 59.4 Å². The highest BCUT2D eigenvalue weighted by atomic mass is 19.1. The molecule has 1 heterocycles. The summed E-state index contributed by atoms with van der Waals surface area (Å²) in [6.07, 6.45) is 1.77. The topological polar surface area (TPSA) is 71.1 Å². The molecule has 2 amide bonds. The van der Waals surface area contributed by atoms with Crippen molar-refractivity contribution in [3.63, 3.8) is 0 Å². The highest BCUT2D eigenvalue weighted by Gasteiger charge is 2.25. The Balaban J connectivity index is 1.90. The minimum absolute atomic E-state index is 0.0477. The number of hydrogen-bond acceptors (Lipinski definition) is 5. The molecule has 1 saturated heterocycles. The first-order chi connectivity index (χ1) is 15.4. The van der Waals surface area contributed by atoms with Crippen LogP contribution in [0, 0.1) is 5.82 Å². The van der Waals surface area contributed by atoms with E-state index in [1.54, 1.807) is 11.0 Å². The van der Waals surface area contributed by atoms with Crippen LogP contribution in [-0.4, -0.2) is 63.8 Å². The summed E-state index contributed by atoms with van der Waals surface area (Å²) in [6.45, 7) is 1.32. The monoisotopic (exact) mass is 443 g/mol. The molecular formula is C24H30FN3O4. The fourth-order valence-corrected chi connectivity index (χ4v) is 3.82. The molecule has 1 aliphatic heterocycles. The van der Waals surface area contributed by atoms with Crippen molar-refractivity contribution >= 4 is 23.2 Å². The third-order valence-corrected chi connectivity index (χ3v) is 5.29. The average molecular weight is 444 g/mol. The maximum atomic E-state index is 13.8. The van der Waals surface area contributed by atoms with E-state index < -0.39 is 5.82 Å². The van der Waals surface area contributed by atoms with Crippen molar-refractivity contribution in [2.45, 2.75) is 25.5 Å². The van der Waals surface area contributed by atoms with Crippen molar-refractivity contribution in [1.82, 2.24) is 4.90 Å². The van der Waals surface area contributed by atoms with E-state index in [1.807, 2.05) is 37.2 Å². The molecule has 0 spiro atoms. The molecule has 0 aromatic heterocycles. The van der Waals surface area contributed by atoms with Crippen LogP contribution in [0.2, 0.25) is 0 Å².